The molecule has 0 saturated heterocycles. The van der Waals surface area contributed by atoms with Crippen molar-refractivity contribution < 1.29 is 14.0 Å². The van der Waals surface area contributed by atoms with E-state index in [1.165, 1.54) is 0 Å². The predicted octanol–water partition coefficient (Wildman–Crippen LogP) is 1.06. The first-order chi connectivity index (χ1) is 10.6. The smallest absolute Gasteiger partial charge is 0.267 e. The van der Waals surface area contributed by atoms with E-state index in [0.717, 1.165) is 16.7 Å². The van der Waals surface area contributed by atoms with Gasteiger partial charge in [-0.25, -0.2) is 10.4 Å². The third-order valence-corrected chi connectivity index (χ3v) is 3.42. The van der Waals surface area contributed by atoms with Crippen LogP contribution in [0.1, 0.15) is 24.3 Å². The van der Waals surface area contributed by atoms with Gasteiger partial charge in [0.05, 0.1) is 0 Å². The average molecular weight is 300 g/mol. The van der Waals surface area contributed by atoms with Crippen LogP contribution in [0.2, 0.25) is 0 Å². The Morgan fingerprint density at radius 3 is 3.05 bits per heavy atom. The van der Waals surface area contributed by atoms with Crippen LogP contribution in [0.3, 0.4) is 0 Å². The maximum Gasteiger partial charge on any atom is 0.267 e. The topological polar surface area (TPSA) is 96.6 Å². The molecular formula is C15H16N4O3. The molecule has 3 rings (SSSR count). The van der Waals surface area contributed by atoms with Crippen LogP contribution in [0.15, 0.2) is 27.7 Å². The summed E-state index contributed by atoms with van der Waals surface area (Å²) in [5.74, 6) is 0.240. The van der Waals surface area contributed by atoms with Gasteiger partial charge in [-0.05, 0) is 24.1 Å². The molecule has 0 fully saturated rings. The van der Waals surface area contributed by atoms with E-state index in [1.807, 2.05) is 25.1 Å². The van der Waals surface area contributed by atoms with Crippen molar-refractivity contribution in [3.05, 3.63) is 29.7 Å². The van der Waals surface area contributed by atoms with E-state index >= 15 is 0 Å². The first kappa shape index (κ1) is 14.2. The van der Waals surface area contributed by atoms with Gasteiger partial charge in [0, 0.05) is 26.3 Å². The van der Waals surface area contributed by atoms with Crippen LogP contribution in [0, 0.1) is 6.92 Å². The summed E-state index contributed by atoms with van der Waals surface area (Å²) >= 11 is 0. The van der Waals surface area contributed by atoms with E-state index in [0.29, 0.717) is 37.4 Å². The Morgan fingerprint density at radius 2 is 2.27 bits per heavy atom. The van der Waals surface area contributed by atoms with Crippen molar-refractivity contribution in [1.29, 1.82) is 0 Å². The van der Waals surface area contributed by atoms with Gasteiger partial charge in [0.25, 0.3) is 5.91 Å². The Bertz CT molecular complexity index is 763. The van der Waals surface area contributed by atoms with Gasteiger partial charge in [0.1, 0.15) is 11.2 Å². The standard InChI is InChI=1S/C15H16N4O3/c1-9-17-12-8-10(2-4-13(12)22-9)6-7-16-15(21)11-3-5-14(20)19-18-11/h2,4,8H,3,5-7H2,1H3,(H,16,21)(H,19,20). The molecule has 1 aliphatic rings. The predicted molar refractivity (Wildman–Crippen MR) is 80.3 cm³/mol. The molecule has 0 atom stereocenters. The summed E-state index contributed by atoms with van der Waals surface area (Å²) in [5, 5.41) is 6.57. The van der Waals surface area contributed by atoms with Gasteiger partial charge in [-0.2, -0.15) is 5.10 Å². The molecule has 0 aliphatic carbocycles. The number of hydrogen-bond acceptors (Lipinski definition) is 5. The second kappa shape index (κ2) is 5.97. The van der Waals surface area contributed by atoms with E-state index in [9.17, 15) is 9.59 Å². The third-order valence-electron chi connectivity index (χ3n) is 3.42. The number of aryl methyl sites for hydroxylation is 1. The number of rotatable bonds is 4. The molecule has 114 valence electrons. The Morgan fingerprint density at radius 1 is 1.41 bits per heavy atom. The largest absolute Gasteiger partial charge is 0.441 e. The lowest BCUT2D eigenvalue weighted by molar-refractivity contribution is -0.121. The fourth-order valence-electron chi connectivity index (χ4n) is 2.30. The first-order valence-corrected chi connectivity index (χ1v) is 7.11. The molecule has 1 aliphatic heterocycles. The Balaban J connectivity index is 1.55. The monoisotopic (exact) mass is 300 g/mol. The minimum absolute atomic E-state index is 0.159. The van der Waals surface area contributed by atoms with Gasteiger partial charge in [-0.3, -0.25) is 9.59 Å². The van der Waals surface area contributed by atoms with Crippen LogP contribution in [-0.4, -0.2) is 29.1 Å². The van der Waals surface area contributed by atoms with E-state index < -0.39 is 0 Å². The van der Waals surface area contributed by atoms with Crippen LogP contribution >= 0.6 is 0 Å². The number of hydrazone groups is 1. The summed E-state index contributed by atoms with van der Waals surface area (Å²) in [6, 6.07) is 5.79. The zero-order valence-corrected chi connectivity index (χ0v) is 12.2. The minimum Gasteiger partial charge on any atom is -0.441 e. The van der Waals surface area contributed by atoms with E-state index in [-0.39, 0.29) is 11.8 Å². The summed E-state index contributed by atoms with van der Waals surface area (Å²) in [5.41, 5.74) is 5.33. The molecule has 0 saturated carbocycles. The zero-order chi connectivity index (χ0) is 15.5. The van der Waals surface area contributed by atoms with Crippen molar-refractivity contribution in [3.63, 3.8) is 0 Å². The van der Waals surface area contributed by atoms with Gasteiger partial charge in [-0.15, -0.1) is 0 Å². The number of carbonyl (C=O) groups is 2. The number of nitrogens with one attached hydrogen (secondary N) is 2. The number of aromatic nitrogens is 1. The lowest BCUT2D eigenvalue weighted by atomic mass is 10.1. The fraction of sp³-hybridized carbons (Fsp3) is 0.333. The van der Waals surface area contributed by atoms with Crippen molar-refractivity contribution in [2.45, 2.75) is 26.2 Å². The number of fused-ring (bicyclic) bond motifs is 1. The van der Waals surface area contributed by atoms with E-state index in [1.54, 1.807) is 0 Å². The molecule has 0 spiro atoms. The molecule has 7 heteroatoms. The van der Waals surface area contributed by atoms with Crippen molar-refractivity contribution in [1.82, 2.24) is 15.7 Å². The molecule has 0 bridgehead atoms. The van der Waals surface area contributed by atoms with Crippen LogP contribution in [0.25, 0.3) is 11.1 Å². The SMILES string of the molecule is Cc1nc2cc(CCNC(=O)C3=NNC(=O)CC3)ccc2o1. The highest BCUT2D eigenvalue weighted by Crippen LogP contribution is 2.16. The quantitative estimate of drug-likeness (QED) is 0.882. The number of nitrogens with zero attached hydrogens (tertiary/aromatic N) is 2. The molecule has 0 unspecified atom stereocenters. The summed E-state index contributed by atoms with van der Waals surface area (Å²) in [6.45, 7) is 2.30. The van der Waals surface area contributed by atoms with Gasteiger partial charge in [0.2, 0.25) is 5.91 Å². The van der Waals surface area contributed by atoms with E-state index in [2.05, 4.69) is 20.8 Å². The first-order valence-electron chi connectivity index (χ1n) is 7.11. The number of oxazole rings is 1. The fourth-order valence-corrected chi connectivity index (χ4v) is 2.30. The maximum atomic E-state index is 11.9. The van der Waals surface area contributed by atoms with Gasteiger partial charge in [-0.1, -0.05) is 6.07 Å². The number of hydrogen-bond donors (Lipinski definition) is 2. The van der Waals surface area contributed by atoms with Gasteiger partial charge < -0.3 is 9.73 Å². The maximum absolute atomic E-state index is 11.9. The van der Waals surface area contributed by atoms with Crippen LogP contribution in [0.5, 0.6) is 0 Å². The second-order valence-electron chi connectivity index (χ2n) is 5.13. The molecule has 2 N–H and O–H groups in total. The highest BCUT2D eigenvalue weighted by molar-refractivity contribution is 6.39. The van der Waals surface area contributed by atoms with Crippen molar-refractivity contribution in [2.75, 3.05) is 6.54 Å². The molecule has 1 aromatic heterocycles. The van der Waals surface area contributed by atoms with Crippen molar-refractivity contribution in [2.24, 2.45) is 5.10 Å². The molecule has 2 heterocycles. The number of amides is 2. The molecular weight excluding hydrogens is 284 g/mol. The molecule has 2 amide bonds. The average Bonchev–Trinajstić information content (AvgIpc) is 2.87. The van der Waals surface area contributed by atoms with Gasteiger partial charge in [0.15, 0.2) is 11.5 Å². The highest BCUT2D eigenvalue weighted by atomic mass is 16.3. The molecule has 22 heavy (non-hydrogen) atoms. The summed E-state index contributed by atoms with van der Waals surface area (Å²) in [4.78, 5) is 27.1. The van der Waals surface area contributed by atoms with Crippen molar-refractivity contribution >= 4 is 28.6 Å². The van der Waals surface area contributed by atoms with Crippen LogP contribution in [-0.2, 0) is 16.0 Å². The lowest BCUT2D eigenvalue weighted by Gasteiger charge is -2.11. The zero-order valence-electron chi connectivity index (χ0n) is 12.2. The number of carbonyl (C=O) groups excluding carboxylic acids is 2. The summed E-state index contributed by atoms with van der Waals surface area (Å²) in [7, 11) is 0. The second-order valence-corrected chi connectivity index (χ2v) is 5.13. The third kappa shape index (κ3) is 3.13. The minimum atomic E-state index is -0.238. The van der Waals surface area contributed by atoms with Crippen molar-refractivity contribution in [3.8, 4) is 0 Å². The molecule has 2 aromatic rings. The lowest BCUT2D eigenvalue weighted by Crippen LogP contribution is -2.37. The molecule has 7 nitrogen and oxygen atoms in total. The van der Waals surface area contributed by atoms with Gasteiger partial charge >= 0.3 is 0 Å². The Labute approximate surface area is 126 Å². The highest BCUT2D eigenvalue weighted by Gasteiger charge is 2.17. The van der Waals surface area contributed by atoms with Crippen LogP contribution < -0.4 is 10.7 Å². The Kier molecular flexibility index (Phi) is 3.86. The molecule has 1 aromatic carbocycles. The summed E-state index contributed by atoms with van der Waals surface area (Å²) < 4.78 is 5.42. The summed E-state index contributed by atoms with van der Waals surface area (Å²) in [6.07, 6.45) is 1.36. The number of benzene rings is 1. The normalized spacial score (nSPS) is 14.6. The van der Waals surface area contributed by atoms with E-state index in [4.69, 9.17) is 4.42 Å². The Hall–Kier alpha value is -2.70. The van der Waals surface area contributed by atoms with Crippen LogP contribution in [0.4, 0.5) is 0 Å². The molecule has 0 radical (unpaired) electrons.